The van der Waals surface area contributed by atoms with E-state index < -0.39 is 18.2 Å². The Morgan fingerprint density at radius 2 is 1.50 bits per heavy atom. The minimum atomic E-state index is -0.926. The summed E-state index contributed by atoms with van der Waals surface area (Å²) in [6.07, 6.45) is 6.98. The van der Waals surface area contributed by atoms with E-state index in [0.717, 1.165) is 64.7 Å². The number of methoxy groups -OCH3 is 1. The second-order valence-electron chi connectivity index (χ2n) is 13.1. The number of likely N-dealkylation sites (tertiary alicyclic amines) is 2. The number of nitrogens with one attached hydrogen (secondary N) is 3. The first-order valence-corrected chi connectivity index (χ1v) is 16.8. The molecule has 4 N–H and O–H groups in total. The van der Waals surface area contributed by atoms with Crippen molar-refractivity contribution in [2.75, 3.05) is 20.2 Å². The first kappa shape index (κ1) is 32.7. The molecule has 2 fully saturated rings. The Hall–Kier alpha value is -5.79. The first-order valence-electron chi connectivity index (χ1n) is 16.8. The van der Waals surface area contributed by atoms with Gasteiger partial charge in [0.2, 0.25) is 5.91 Å². The van der Waals surface area contributed by atoms with Crippen LogP contribution in [0.3, 0.4) is 0 Å². The molecule has 2 aromatic carbocycles. The lowest BCUT2D eigenvalue weighted by molar-refractivity contribution is -0.135. The van der Waals surface area contributed by atoms with E-state index in [1.54, 1.807) is 23.5 Å². The predicted octanol–water partition coefficient (Wildman–Crippen LogP) is 5.94. The number of H-pyrrole nitrogens is 2. The van der Waals surface area contributed by atoms with E-state index in [2.05, 4.69) is 30.2 Å². The molecule has 5 heterocycles. The third-order valence-electron chi connectivity index (χ3n) is 9.59. The van der Waals surface area contributed by atoms with Gasteiger partial charge in [-0.25, -0.2) is 29.5 Å². The summed E-state index contributed by atoms with van der Waals surface area (Å²) in [5.41, 5.74) is 5.99. The fourth-order valence-electron chi connectivity index (χ4n) is 6.91. The summed E-state index contributed by atoms with van der Waals surface area (Å²) in [6, 6.07) is 12.6. The SMILES string of the molecule is COC(=O)N[C@H](C(=O)N1CCC[C@H]1c1ncc(-c2ccc(-c3ncc(-c4ccc5[nH]c([C@@H]6CCCN6C(=O)O)nc5c4)cn3)cc2)[nH]1)C(C)C. The van der Waals surface area contributed by atoms with Crippen LogP contribution in [0.1, 0.15) is 63.3 Å². The molecule has 5 aromatic rings. The molecule has 0 unspecified atom stereocenters. The Labute approximate surface area is 288 Å². The molecule has 0 aliphatic carbocycles. The normalized spacial score (nSPS) is 18.2. The highest BCUT2D eigenvalue weighted by Crippen LogP contribution is 2.34. The summed E-state index contributed by atoms with van der Waals surface area (Å²) >= 11 is 0. The van der Waals surface area contributed by atoms with Gasteiger partial charge in [0.1, 0.15) is 17.7 Å². The molecule has 258 valence electrons. The third-order valence-corrected chi connectivity index (χ3v) is 9.59. The zero-order chi connectivity index (χ0) is 34.9. The van der Waals surface area contributed by atoms with Crippen molar-refractivity contribution in [1.82, 2.24) is 45.0 Å². The smallest absolute Gasteiger partial charge is 0.407 e. The van der Waals surface area contributed by atoms with Crippen LogP contribution in [-0.2, 0) is 9.53 Å². The topological polar surface area (TPSA) is 182 Å². The van der Waals surface area contributed by atoms with Gasteiger partial charge >= 0.3 is 12.2 Å². The second-order valence-corrected chi connectivity index (χ2v) is 13.1. The van der Waals surface area contributed by atoms with Gasteiger partial charge in [-0.15, -0.1) is 0 Å². The van der Waals surface area contributed by atoms with Crippen LogP contribution < -0.4 is 5.32 Å². The molecular weight excluding hydrogens is 638 g/mol. The number of carbonyl (C=O) groups excluding carboxylic acids is 2. The number of hydrogen-bond donors (Lipinski definition) is 4. The molecule has 2 aliphatic heterocycles. The number of ether oxygens (including phenoxy) is 1. The Balaban J connectivity index is 1.03. The molecule has 0 bridgehead atoms. The molecule has 2 aliphatic rings. The lowest BCUT2D eigenvalue weighted by Crippen LogP contribution is -2.51. The number of aromatic amines is 2. The Bertz CT molecular complexity index is 2020. The lowest BCUT2D eigenvalue weighted by Gasteiger charge is -2.30. The van der Waals surface area contributed by atoms with Crippen LogP contribution in [0.5, 0.6) is 0 Å². The Kier molecular flexibility index (Phi) is 8.91. The molecule has 3 aromatic heterocycles. The average molecular weight is 678 g/mol. The molecular formula is C36H39N9O5. The van der Waals surface area contributed by atoms with E-state index in [1.807, 2.05) is 56.3 Å². The number of nitrogens with zero attached hydrogens (tertiary/aromatic N) is 6. The number of fused-ring (bicyclic) bond motifs is 1. The summed E-state index contributed by atoms with van der Waals surface area (Å²) in [5.74, 6) is 1.71. The molecule has 50 heavy (non-hydrogen) atoms. The van der Waals surface area contributed by atoms with Crippen LogP contribution in [-0.4, -0.2) is 89.1 Å². The van der Waals surface area contributed by atoms with Gasteiger partial charge in [0.15, 0.2) is 5.82 Å². The van der Waals surface area contributed by atoms with Crippen molar-refractivity contribution in [2.24, 2.45) is 5.92 Å². The predicted molar refractivity (Wildman–Crippen MR) is 185 cm³/mol. The summed E-state index contributed by atoms with van der Waals surface area (Å²) < 4.78 is 4.74. The maximum atomic E-state index is 13.5. The van der Waals surface area contributed by atoms with Gasteiger partial charge in [0.25, 0.3) is 0 Å². The van der Waals surface area contributed by atoms with Crippen molar-refractivity contribution >= 4 is 29.1 Å². The second kappa shape index (κ2) is 13.6. The number of imidazole rings is 2. The average Bonchev–Trinajstić information content (AvgIpc) is 3.95. The van der Waals surface area contributed by atoms with Crippen LogP contribution in [0.4, 0.5) is 9.59 Å². The number of benzene rings is 2. The third kappa shape index (κ3) is 6.35. The summed E-state index contributed by atoms with van der Waals surface area (Å²) in [4.78, 5) is 65.6. The fraction of sp³-hybridized carbons (Fsp3) is 0.361. The zero-order valence-electron chi connectivity index (χ0n) is 28.1. The van der Waals surface area contributed by atoms with Crippen molar-refractivity contribution in [3.63, 3.8) is 0 Å². The zero-order valence-corrected chi connectivity index (χ0v) is 28.1. The summed E-state index contributed by atoms with van der Waals surface area (Å²) in [6.45, 7) is 4.89. The standard InChI is InChI=1S/C36H39N9O5/c1-20(2)30(43-35(47)50-3)34(46)44-14-4-6-28(44)32-39-19-27(42-32)21-8-10-22(11-9-21)31-37-17-24(18-38-31)23-12-13-25-26(16-23)41-33(40-25)29-7-5-15-45(29)36(48)49/h8-13,16-20,28-30H,4-7,14-15H2,1-3H3,(H,39,42)(H,40,41)(H,43,47)(H,48,49)/t28-,29-,30-/m0/s1. The van der Waals surface area contributed by atoms with E-state index in [1.165, 1.54) is 12.0 Å². The number of amides is 3. The lowest BCUT2D eigenvalue weighted by atomic mass is 10.0. The molecule has 14 heteroatoms. The maximum Gasteiger partial charge on any atom is 0.407 e. The Morgan fingerprint density at radius 3 is 2.18 bits per heavy atom. The number of alkyl carbamates (subject to hydrolysis) is 1. The van der Waals surface area contributed by atoms with Crippen LogP contribution >= 0.6 is 0 Å². The summed E-state index contributed by atoms with van der Waals surface area (Å²) in [5, 5.41) is 12.2. The highest BCUT2D eigenvalue weighted by Gasteiger charge is 2.37. The number of rotatable bonds is 8. The van der Waals surface area contributed by atoms with E-state index in [0.29, 0.717) is 30.6 Å². The molecule has 0 radical (unpaired) electrons. The van der Waals surface area contributed by atoms with Gasteiger partial charge in [0, 0.05) is 36.6 Å². The molecule has 3 amide bonds. The van der Waals surface area contributed by atoms with Crippen LogP contribution in [0.15, 0.2) is 61.1 Å². The number of hydrogen-bond acceptors (Lipinski definition) is 8. The summed E-state index contributed by atoms with van der Waals surface area (Å²) in [7, 11) is 1.28. The number of carboxylic acid groups (broad SMARTS) is 1. The molecule has 2 saturated heterocycles. The molecule has 0 spiro atoms. The van der Waals surface area contributed by atoms with Crippen LogP contribution in [0.25, 0.3) is 44.8 Å². The largest absolute Gasteiger partial charge is 0.465 e. The molecule has 14 nitrogen and oxygen atoms in total. The van der Waals surface area contributed by atoms with Crippen LogP contribution in [0, 0.1) is 5.92 Å². The first-order chi connectivity index (χ1) is 24.2. The van der Waals surface area contributed by atoms with E-state index >= 15 is 0 Å². The van der Waals surface area contributed by atoms with Crippen molar-refractivity contribution in [1.29, 1.82) is 0 Å². The van der Waals surface area contributed by atoms with Gasteiger partial charge in [-0.05, 0) is 54.9 Å². The monoisotopic (exact) mass is 677 g/mol. The molecule has 7 rings (SSSR count). The molecule has 3 atom stereocenters. The fourth-order valence-corrected chi connectivity index (χ4v) is 6.91. The molecule has 0 saturated carbocycles. The van der Waals surface area contributed by atoms with E-state index in [9.17, 15) is 19.5 Å². The van der Waals surface area contributed by atoms with Gasteiger partial charge in [-0.2, -0.15) is 0 Å². The van der Waals surface area contributed by atoms with Crippen LogP contribution in [0.2, 0.25) is 0 Å². The minimum Gasteiger partial charge on any atom is -0.465 e. The van der Waals surface area contributed by atoms with Gasteiger partial charge in [-0.1, -0.05) is 44.2 Å². The van der Waals surface area contributed by atoms with Gasteiger partial charge < -0.3 is 30.0 Å². The van der Waals surface area contributed by atoms with Gasteiger partial charge in [-0.3, -0.25) is 9.69 Å². The van der Waals surface area contributed by atoms with E-state index in [4.69, 9.17) is 9.72 Å². The maximum absolute atomic E-state index is 13.5. The van der Waals surface area contributed by atoms with Crippen molar-refractivity contribution in [3.8, 4) is 33.8 Å². The van der Waals surface area contributed by atoms with Crippen molar-refractivity contribution < 1.29 is 24.2 Å². The van der Waals surface area contributed by atoms with Crippen molar-refractivity contribution in [3.05, 3.63) is 72.7 Å². The van der Waals surface area contributed by atoms with Crippen molar-refractivity contribution in [2.45, 2.75) is 57.7 Å². The number of aromatic nitrogens is 6. The Morgan fingerprint density at radius 1 is 0.840 bits per heavy atom. The quantitative estimate of drug-likeness (QED) is 0.155. The number of carbonyl (C=O) groups is 3. The highest BCUT2D eigenvalue weighted by molar-refractivity contribution is 5.86. The minimum absolute atomic E-state index is 0.107. The highest BCUT2D eigenvalue weighted by atomic mass is 16.5. The van der Waals surface area contributed by atoms with Gasteiger partial charge in [0.05, 0.1) is 42.1 Å². The van der Waals surface area contributed by atoms with E-state index in [-0.39, 0.29) is 23.9 Å².